The molecular weight excluding hydrogens is 237 g/mol. The van der Waals surface area contributed by atoms with Crippen LogP contribution in [-0.4, -0.2) is 25.3 Å². The number of hydrogen-bond acceptors (Lipinski definition) is 6. The third kappa shape index (κ3) is 15.6. The van der Waals surface area contributed by atoms with Gasteiger partial charge >= 0.3 is 29.6 Å². The summed E-state index contributed by atoms with van der Waals surface area (Å²) in [6.45, 7) is 0.679. The smallest absolute Gasteiger partial charge is 0.725 e. The van der Waals surface area contributed by atoms with Crippen LogP contribution >= 0.6 is 12.0 Å². The first-order valence-electron chi connectivity index (χ1n) is 4.03. The molecule has 0 saturated heterocycles. The number of hydrogen-bond donors (Lipinski definition) is 1. The van der Waals surface area contributed by atoms with Gasteiger partial charge in [0.05, 0.1) is 0 Å². The van der Waals surface area contributed by atoms with Crippen LogP contribution in [0.4, 0.5) is 0 Å². The van der Waals surface area contributed by atoms with E-state index in [1.165, 1.54) is 0 Å². The van der Waals surface area contributed by atoms with Crippen LogP contribution in [0.1, 0.15) is 25.7 Å². The monoisotopic (exact) mass is 251 g/mol. The summed E-state index contributed by atoms with van der Waals surface area (Å²) < 4.78 is 33.8. The average Bonchev–Trinajstić information content (AvgIpc) is 2.01. The van der Waals surface area contributed by atoms with Gasteiger partial charge in [-0.3, -0.25) is 0 Å². The molecule has 0 atom stereocenters. The van der Waals surface area contributed by atoms with Gasteiger partial charge in [0.15, 0.2) is 0 Å². The van der Waals surface area contributed by atoms with Crippen LogP contribution in [0.5, 0.6) is 0 Å². The van der Waals surface area contributed by atoms with Crippen molar-refractivity contribution in [1.82, 2.24) is 0 Å². The third-order valence-corrected chi connectivity index (χ3v) is 2.82. The van der Waals surface area contributed by atoms with Crippen molar-refractivity contribution in [2.75, 3.05) is 12.3 Å². The van der Waals surface area contributed by atoms with E-state index in [0.717, 1.165) is 25.7 Å². The maximum absolute atomic E-state index is 9.95. The van der Waals surface area contributed by atoms with Crippen molar-refractivity contribution < 1.29 is 46.2 Å². The van der Waals surface area contributed by atoms with E-state index in [9.17, 15) is 13.0 Å². The maximum atomic E-state index is 9.95. The predicted molar refractivity (Wildman–Crippen MR) is 50.8 cm³/mol. The molecule has 14 heavy (non-hydrogen) atoms. The first-order valence-corrected chi connectivity index (χ1v) is 6.27. The molecule has 2 N–H and O–H groups in total. The van der Waals surface area contributed by atoms with Crippen molar-refractivity contribution in [3.8, 4) is 0 Å². The Morgan fingerprint density at radius 2 is 1.79 bits per heavy atom. The van der Waals surface area contributed by atoms with Crippen molar-refractivity contribution in [2.45, 2.75) is 25.7 Å². The molecule has 0 bridgehead atoms. The van der Waals surface area contributed by atoms with Gasteiger partial charge in [0, 0.05) is 17.8 Å². The summed E-state index contributed by atoms with van der Waals surface area (Å²) in [4.78, 5) is 0. The molecule has 0 rings (SSSR count). The molecule has 80 valence electrons. The van der Waals surface area contributed by atoms with E-state index in [1.54, 1.807) is 0 Å². The summed E-state index contributed by atoms with van der Waals surface area (Å²) >= 11 is 0.687. The van der Waals surface area contributed by atoms with Crippen LogP contribution in [0.15, 0.2) is 0 Å². The molecule has 0 aromatic rings. The summed E-state index contributed by atoms with van der Waals surface area (Å²) in [6, 6.07) is 0. The van der Waals surface area contributed by atoms with E-state index in [-0.39, 0.29) is 29.6 Å². The minimum atomic E-state index is -4.53. The van der Waals surface area contributed by atoms with E-state index in [2.05, 4.69) is 3.63 Å². The van der Waals surface area contributed by atoms with E-state index < -0.39 is 10.4 Å². The number of rotatable bonds is 8. The Morgan fingerprint density at radius 3 is 2.29 bits per heavy atom. The molecule has 0 aliphatic carbocycles. The largest absolute Gasteiger partial charge is 1.00 e. The second-order valence-corrected chi connectivity index (χ2v) is 4.51. The van der Waals surface area contributed by atoms with Crippen LogP contribution in [0, 0.1) is 0 Å². The topological polar surface area (TPSA) is 92.5 Å². The van der Waals surface area contributed by atoms with Gasteiger partial charge in [-0.15, -0.1) is 0 Å². The minimum Gasteiger partial charge on any atom is -0.725 e. The summed E-state index contributed by atoms with van der Waals surface area (Å²) in [6.07, 6.45) is 3.82. The Kier molecular flexibility index (Phi) is 13.4. The Labute approximate surface area is 112 Å². The average molecular weight is 251 g/mol. The summed E-state index contributed by atoms with van der Waals surface area (Å²) in [5.41, 5.74) is 5.28. The minimum absolute atomic E-state index is 0. The summed E-state index contributed by atoms with van der Waals surface area (Å²) in [7, 11) is -4.53. The van der Waals surface area contributed by atoms with Crippen LogP contribution < -0.4 is 35.3 Å². The van der Waals surface area contributed by atoms with Gasteiger partial charge < -0.3 is 10.3 Å². The van der Waals surface area contributed by atoms with Crippen molar-refractivity contribution in [3.63, 3.8) is 0 Å². The van der Waals surface area contributed by atoms with Gasteiger partial charge in [0.2, 0.25) is 10.4 Å². The first-order chi connectivity index (χ1) is 6.06. The third-order valence-electron chi connectivity index (χ3n) is 1.31. The zero-order chi connectivity index (χ0) is 10.2. The summed E-state index contributed by atoms with van der Waals surface area (Å²) in [5, 5.41) is 0. The summed E-state index contributed by atoms with van der Waals surface area (Å²) in [5.74, 6) is 0.520. The Hall–Kier alpha value is 1.18. The second kappa shape index (κ2) is 10.7. The molecule has 0 spiro atoms. The van der Waals surface area contributed by atoms with Crippen LogP contribution in [0.2, 0.25) is 0 Å². The van der Waals surface area contributed by atoms with Gasteiger partial charge in [0.25, 0.3) is 0 Å². The predicted octanol–water partition coefficient (Wildman–Crippen LogP) is -2.37. The fourth-order valence-electron chi connectivity index (χ4n) is 0.752. The van der Waals surface area contributed by atoms with Gasteiger partial charge in [0.1, 0.15) is 0 Å². The standard InChI is InChI=1S/C6H15NO4S2.Na/c7-5-3-1-2-4-6-12-11-13(8,9)10;/h1-7H2,(H,8,9,10);/q;+1/p-1. The van der Waals surface area contributed by atoms with Crippen molar-refractivity contribution >= 4 is 22.4 Å². The Balaban J connectivity index is 0. The number of unbranched alkanes of at least 4 members (excludes halogenated alkanes) is 3. The van der Waals surface area contributed by atoms with Crippen molar-refractivity contribution in [1.29, 1.82) is 0 Å². The Bertz CT molecular complexity index is 210. The van der Waals surface area contributed by atoms with E-state index in [0.29, 0.717) is 24.3 Å². The zero-order valence-electron chi connectivity index (χ0n) is 8.27. The molecule has 5 nitrogen and oxygen atoms in total. The molecule has 0 saturated carbocycles. The first kappa shape index (κ1) is 17.6. The molecule has 0 aromatic heterocycles. The van der Waals surface area contributed by atoms with Crippen molar-refractivity contribution in [2.24, 2.45) is 5.73 Å². The van der Waals surface area contributed by atoms with Crippen LogP contribution in [-0.2, 0) is 14.0 Å². The molecule has 0 amide bonds. The van der Waals surface area contributed by atoms with Gasteiger partial charge in [-0.1, -0.05) is 12.8 Å². The normalized spacial score (nSPS) is 11.0. The van der Waals surface area contributed by atoms with Crippen LogP contribution in [0.25, 0.3) is 0 Å². The van der Waals surface area contributed by atoms with Gasteiger partial charge in [-0.25, -0.2) is 12.0 Å². The second-order valence-electron chi connectivity index (χ2n) is 2.50. The SMILES string of the molecule is NCCCCCCSOS(=O)(=O)[O-].[Na+]. The molecule has 0 aromatic carbocycles. The molecule has 0 unspecified atom stereocenters. The molecule has 0 radical (unpaired) electrons. The molecule has 0 aliphatic heterocycles. The molecule has 8 heteroatoms. The quantitative estimate of drug-likeness (QED) is 0.170. The van der Waals surface area contributed by atoms with E-state index in [1.807, 2.05) is 0 Å². The fraction of sp³-hybridized carbons (Fsp3) is 1.00. The van der Waals surface area contributed by atoms with Crippen LogP contribution in [0.3, 0.4) is 0 Å². The molecule has 0 heterocycles. The number of nitrogens with two attached hydrogens (primary N) is 1. The van der Waals surface area contributed by atoms with Gasteiger partial charge in [-0.2, -0.15) is 0 Å². The fourth-order valence-corrected chi connectivity index (χ4v) is 1.82. The molecule has 0 fully saturated rings. The zero-order valence-corrected chi connectivity index (χ0v) is 11.9. The van der Waals surface area contributed by atoms with Gasteiger partial charge in [-0.05, 0) is 19.4 Å². The van der Waals surface area contributed by atoms with Crippen molar-refractivity contribution in [3.05, 3.63) is 0 Å². The van der Waals surface area contributed by atoms with E-state index in [4.69, 9.17) is 5.73 Å². The molecular formula is C6H14NNaO4S2. The molecule has 0 aliphatic rings. The maximum Gasteiger partial charge on any atom is 1.00 e. The van der Waals surface area contributed by atoms with E-state index >= 15 is 0 Å². The Morgan fingerprint density at radius 1 is 1.21 bits per heavy atom.